The molecule has 0 bridgehead atoms. The van der Waals surface area contributed by atoms with Gasteiger partial charge in [-0.1, -0.05) is 48.7 Å². The number of aromatic nitrogens is 1. The molecular weight excluding hydrogens is 492 g/mol. The monoisotopic (exact) mass is 518 g/mol. The van der Waals surface area contributed by atoms with Gasteiger partial charge in [-0.15, -0.1) is 11.3 Å². The molecule has 0 aliphatic heterocycles. The number of rotatable bonds is 5. The largest absolute Gasteiger partial charge is 0.465 e. The number of aryl methyl sites for hydroxylation is 1. The Kier molecular flexibility index (Phi) is 6.82. The zero-order chi connectivity index (χ0) is 25.4. The number of fused-ring (bicyclic) bond motifs is 2. The summed E-state index contributed by atoms with van der Waals surface area (Å²) in [6, 6.07) is 15.1. The third-order valence-corrected chi connectivity index (χ3v) is 8.33. The summed E-state index contributed by atoms with van der Waals surface area (Å²) >= 11 is 7.57. The van der Waals surface area contributed by atoms with Crippen LogP contribution in [0.1, 0.15) is 56.5 Å². The maximum absolute atomic E-state index is 13.8. The topological polar surface area (TPSA) is 68.3 Å². The smallest absolute Gasteiger partial charge is 0.341 e. The molecule has 1 atom stereocenters. The number of hydrogen-bond donors (Lipinski definition) is 1. The van der Waals surface area contributed by atoms with E-state index in [1.807, 2.05) is 37.3 Å². The summed E-state index contributed by atoms with van der Waals surface area (Å²) < 4.78 is 5.11. The van der Waals surface area contributed by atoms with Gasteiger partial charge in [0.15, 0.2) is 0 Å². The lowest BCUT2D eigenvalue weighted by molar-refractivity contribution is 0.0601. The van der Waals surface area contributed by atoms with E-state index in [0.29, 0.717) is 32.8 Å². The molecule has 36 heavy (non-hydrogen) atoms. The van der Waals surface area contributed by atoms with Gasteiger partial charge in [0.1, 0.15) is 5.00 Å². The van der Waals surface area contributed by atoms with Gasteiger partial charge in [-0.2, -0.15) is 0 Å². The Balaban J connectivity index is 1.59. The highest BCUT2D eigenvalue weighted by molar-refractivity contribution is 7.17. The van der Waals surface area contributed by atoms with E-state index in [-0.39, 0.29) is 5.91 Å². The molecule has 5 rings (SSSR count). The van der Waals surface area contributed by atoms with Crippen molar-refractivity contribution in [1.29, 1.82) is 0 Å². The first-order valence-corrected chi connectivity index (χ1v) is 13.3. The first-order valence-electron chi connectivity index (χ1n) is 12.1. The van der Waals surface area contributed by atoms with Crippen molar-refractivity contribution in [2.45, 2.75) is 39.5 Å². The van der Waals surface area contributed by atoms with Crippen molar-refractivity contribution in [3.63, 3.8) is 0 Å². The van der Waals surface area contributed by atoms with Crippen molar-refractivity contribution in [2.24, 2.45) is 5.92 Å². The summed E-state index contributed by atoms with van der Waals surface area (Å²) in [5.74, 6) is -0.0895. The van der Waals surface area contributed by atoms with E-state index < -0.39 is 5.97 Å². The van der Waals surface area contributed by atoms with Crippen molar-refractivity contribution in [1.82, 2.24) is 4.98 Å². The van der Waals surface area contributed by atoms with Crippen LogP contribution in [0.3, 0.4) is 0 Å². The van der Waals surface area contributed by atoms with E-state index >= 15 is 0 Å². The number of thiophene rings is 1. The third kappa shape index (κ3) is 4.63. The molecular formula is C29H27ClN2O3S. The highest BCUT2D eigenvalue weighted by atomic mass is 35.5. The molecule has 1 amide bonds. The second-order valence-electron chi connectivity index (χ2n) is 9.25. The van der Waals surface area contributed by atoms with Crippen molar-refractivity contribution in [3.8, 4) is 11.3 Å². The normalized spacial score (nSPS) is 14.9. The van der Waals surface area contributed by atoms with E-state index in [4.69, 9.17) is 21.3 Å². The third-order valence-electron chi connectivity index (χ3n) is 6.91. The molecule has 0 unspecified atom stereocenters. The second kappa shape index (κ2) is 10.0. The van der Waals surface area contributed by atoms with Crippen LogP contribution in [0.15, 0.2) is 48.5 Å². The highest BCUT2D eigenvalue weighted by Crippen LogP contribution is 2.41. The van der Waals surface area contributed by atoms with Gasteiger partial charge in [-0.05, 0) is 68.0 Å². The molecule has 5 nitrogen and oxygen atoms in total. The minimum Gasteiger partial charge on any atom is -0.465 e. The number of ether oxygens (including phenoxy) is 1. The fourth-order valence-corrected chi connectivity index (χ4v) is 6.35. The minimum atomic E-state index is -0.407. The first-order chi connectivity index (χ1) is 17.4. The molecule has 2 aromatic heterocycles. The van der Waals surface area contributed by atoms with Crippen LogP contribution in [0.4, 0.5) is 5.00 Å². The summed E-state index contributed by atoms with van der Waals surface area (Å²) in [5.41, 5.74) is 5.31. The second-order valence-corrected chi connectivity index (χ2v) is 10.8. The Bertz CT molecular complexity index is 1480. The zero-order valence-electron chi connectivity index (χ0n) is 20.5. The molecule has 2 aromatic carbocycles. The maximum atomic E-state index is 13.8. The molecule has 0 spiro atoms. The number of carbonyl (C=O) groups excluding carboxylic acids is 2. The number of nitrogens with one attached hydrogen (secondary N) is 1. The van der Waals surface area contributed by atoms with Crippen LogP contribution < -0.4 is 5.32 Å². The quantitative estimate of drug-likeness (QED) is 0.278. The molecule has 0 saturated carbocycles. The van der Waals surface area contributed by atoms with Crippen molar-refractivity contribution in [3.05, 3.63) is 80.7 Å². The van der Waals surface area contributed by atoms with Crippen molar-refractivity contribution < 1.29 is 14.3 Å². The molecule has 2 heterocycles. The number of halogens is 1. The Morgan fingerprint density at radius 1 is 1.17 bits per heavy atom. The standard InChI is InChI=1S/C29H27ClN2O3S/c1-4-17-6-11-20-25(14-17)36-28(26(20)29(34)35-3)32-27(33)22-15-24(18-7-9-19(30)10-8-18)31-23-12-5-16(2)13-21(22)23/h5,7-10,12-13,15,17H,4,6,11,14H2,1-3H3,(H,32,33)/t17-/m0/s1. The van der Waals surface area contributed by atoms with E-state index in [0.717, 1.165) is 53.3 Å². The van der Waals surface area contributed by atoms with E-state index in [9.17, 15) is 9.59 Å². The van der Waals surface area contributed by atoms with Crippen LogP contribution >= 0.6 is 22.9 Å². The molecule has 1 aliphatic rings. The van der Waals surface area contributed by atoms with Gasteiger partial charge in [0.05, 0.1) is 29.4 Å². The van der Waals surface area contributed by atoms with Gasteiger partial charge in [0, 0.05) is 20.8 Å². The Hall–Kier alpha value is -3.22. The lowest BCUT2D eigenvalue weighted by Gasteiger charge is -2.20. The Morgan fingerprint density at radius 3 is 2.67 bits per heavy atom. The summed E-state index contributed by atoms with van der Waals surface area (Å²) in [6.45, 7) is 4.18. The van der Waals surface area contributed by atoms with Gasteiger partial charge < -0.3 is 10.1 Å². The van der Waals surface area contributed by atoms with E-state index in [1.165, 1.54) is 23.3 Å². The molecule has 1 N–H and O–H groups in total. The number of esters is 1. The molecule has 7 heteroatoms. The van der Waals surface area contributed by atoms with E-state index in [2.05, 4.69) is 12.2 Å². The molecule has 4 aromatic rings. The van der Waals surface area contributed by atoms with Gasteiger partial charge in [-0.25, -0.2) is 9.78 Å². The van der Waals surface area contributed by atoms with Crippen LogP contribution in [-0.2, 0) is 17.6 Å². The maximum Gasteiger partial charge on any atom is 0.341 e. The van der Waals surface area contributed by atoms with Crippen LogP contribution in [0.5, 0.6) is 0 Å². The lowest BCUT2D eigenvalue weighted by atomic mass is 9.85. The fraction of sp³-hybridized carbons (Fsp3) is 0.276. The Labute approximate surface area is 219 Å². The molecule has 0 fully saturated rings. The number of amides is 1. The predicted molar refractivity (Wildman–Crippen MR) is 146 cm³/mol. The van der Waals surface area contributed by atoms with Gasteiger partial charge in [-0.3, -0.25) is 4.79 Å². The van der Waals surface area contributed by atoms with E-state index in [1.54, 1.807) is 18.2 Å². The Morgan fingerprint density at radius 2 is 1.94 bits per heavy atom. The lowest BCUT2D eigenvalue weighted by Crippen LogP contribution is -2.17. The summed E-state index contributed by atoms with van der Waals surface area (Å²) in [6.07, 6.45) is 3.88. The van der Waals surface area contributed by atoms with Crippen LogP contribution in [0, 0.1) is 12.8 Å². The summed E-state index contributed by atoms with van der Waals surface area (Å²) in [4.78, 5) is 32.5. The van der Waals surface area contributed by atoms with Gasteiger partial charge in [0.25, 0.3) is 5.91 Å². The van der Waals surface area contributed by atoms with Crippen LogP contribution in [0.25, 0.3) is 22.2 Å². The van der Waals surface area contributed by atoms with Crippen LogP contribution in [-0.4, -0.2) is 24.0 Å². The zero-order valence-corrected chi connectivity index (χ0v) is 22.1. The van der Waals surface area contributed by atoms with Crippen molar-refractivity contribution >= 4 is 50.7 Å². The molecule has 184 valence electrons. The number of nitrogens with zero attached hydrogens (tertiary/aromatic N) is 1. The number of anilines is 1. The predicted octanol–water partition coefficient (Wildman–Crippen LogP) is 7.48. The minimum absolute atomic E-state index is 0.279. The summed E-state index contributed by atoms with van der Waals surface area (Å²) in [7, 11) is 1.38. The van der Waals surface area contributed by atoms with Gasteiger partial charge in [0.2, 0.25) is 0 Å². The SMILES string of the molecule is CC[C@H]1CCc2c(sc(NC(=O)c3cc(-c4ccc(Cl)cc4)nc4ccc(C)cc34)c2C(=O)OC)C1. The molecule has 0 radical (unpaired) electrons. The fourth-order valence-electron chi connectivity index (χ4n) is 4.88. The van der Waals surface area contributed by atoms with Gasteiger partial charge >= 0.3 is 5.97 Å². The number of methoxy groups -OCH3 is 1. The number of hydrogen-bond acceptors (Lipinski definition) is 5. The average Bonchev–Trinajstić information content (AvgIpc) is 3.24. The number of pyridine rings is 1. The summed E-state index contributed by atoms with van der Waals surface area (Å²) in [5, 5.41) is 5.01. The average molecular weight is 519 g/mol. The molecule has 1 aliphatic carbocycles. The number of carbonyl (C=O) groups is 2. The van der Waals surface area contributed by atoms with Crippen molar-refractivity contribution in [2.75, 3.05) is 12.4 Å². The first kappa shape index (κ1) is 24.5. The molecule has 0 saturated heterocycles. The number of benzene rings is 2. The highest BCUT2D eigenvalue weighted by Gasteiger charge is 2.30. The van der Waals surface area contributed by atoms with Crippen LogP contribution in [0.2, 0.25) is 5.02 Å².